The maximum Gasteiger partial charge on any atom is 0.273 e. The fourth-order valence-electron chi connectivity index (χ4n) is 2.33. The van der Waals surface area contributed by atoms with Gasteiger partial charge in [-0.25, -0.2) is 13.8 Å². The molecule has 0 fully saturated rings. The minimum atomic E-state index is -1.01. The molecule has 1 N–H and O–H groups in total. The second-order valence-corrected chi connectivity index (χ2v) is 5.09. The summed E-state index contributed by atoms with van der Waals surface area (Å²) >= 11 is 0. The van der Waals surface area contributed by atoms with E-state index in [1.165, 1.54) is 0 Å². The van der Waals surface area contributed by atoms with Crippen LogP contribution in [0.1, 0.15) is 27.7 Å². The van der Waals surface area contributed by atoms with Gasteiger partial charge in [0.2, 0.25) is 0 Å². The first-order valence-corrected chi connectivity index (χ1v) is 7.22. The summed E-state index contributed by atoms with van der Waals surface area (Å²) in [4.78, 5) is 20.0. The van der Waals surface area contributed by atoms with Crippen molar-refractivity contribution >= 4 is 5.91 Å². The lowest BCUT2D eigenvalue weighted by atomic mass is 10.00. The van der Waals surface area contributed by atoms with Crippen LogP contribution >= 0.6 is 0 Å². The van der Waals surface area contributed by atoms with Crippen molar-refractivity contribution in [2.75, 3.05) is 0 Å². The molecular weight excluding hydrogens is 312 g/mol. The van der Waals surface area contributed by atoms with Crippen LogP contribution in [-0.4, -0.2) is 15.9 Å². The number of rotatable bonds is 4. The molecule has 0 saturated carbocycles. The van der Waals surface area contributed by atoms with Crippen molar-refractivity contribution in [1.82, 2.24) is 15.3 Å². The van der Waals surface area contributed by atoms with Crippen LogP contribution in [0.3, 0.4) is 0 Å². The average molecular weight is 325 g/mol. The minimum Gasteiger partial charge on any atom is -0.340 e. The molecule has 1 amide bonds. The highest BCUT2D eigenvalue weighted by Crippen LogP contribution is 2.21. The van der Waals surface area contributed by atoms with Crippen molar-refractivity contribution in [2.24, 2.45) is 0 Å². The maximum atomic E-state index is 13.8. The SMILES string of the molecule is O=C(NC(c1ccccc1)c1cccnc1)c1ncc(F)cc1F. The predicted octanol–water partition coefficient (Wildman–Crippen LogP) is 3.27. The predicted molar refractivity (Wildman–Crippen MR) is 84.1 cm³/mol. The van der Waals surface area contributed by atoms with Crippen LogP contribution in [0.2, 0.25) is 0 Å². The molecule has 120 valence electrons. The van der Waals surface area contributed by atoms with E-state index >= 15 is 0 Å². The molecule has 0 saturated heterocycles. The Labute approximate surface area is 137 Å². The molecule has 2 heterocycles. The Kier molecular flexibility index (Phi) is 4.56. The van der Waals surface area contributed by atoms with Gasteiger partial charge in [0.1, 0.15) is 5.82 Å². The summed E-state index contributed by atoms with van der Waals surface area (Å²) in [7, 11) is 0. The van der Waals surface area contributed by atoms with Crippen LogP contribution < -0.4 is 5.32 Å². The number of pyridine rings is 2. The van der Waals surface area contributed by atoms with Crippen molar-refractivity contribution in [3.63, 3.8) is 0 Å². The lowest BCUT2D eigenvalue weighted by Crippen LogP contribution is -2.30. The van der Waals surface area contributed by atoms with Gasteiger partial charge >= 0.3 is 0 Å². The number of amides is 1. The molecule has 4 nitrogen and oxygen atoms in total. The molecule has 0 bridgehead atoms. The van der Waals surface area contributed by atoms with Crippen molar-refractivity contribution in [1.29, 1.82) is 0 Å². The second-order valence-electron chi connectivity index (χ2n) is 5.09. The number of carbonyl (C=O) groups is 1. The quantitative estimate of drug-likeness (QED) is 0.801. The molecule has 3 rings (SSSR count). The number of nitrogens with one attached hydrogen (secondary N) is 1. The molecule has 6 heteroatoms. The van der Waals surface area contributed by atoms with Crippen molar-refractivity contribution in [3.8, 4) is 0 Å². The lowest BCUT2D eigenvalue weighted by Gasteiger charge is -2.19. The van der Waals surface area contributed by atoms with Gasteiger partial charge in [-0.15, -0.1) is 0 Å². The highest BCUT2D eigenvalue weighted by atomic mass is 19.1. The third-order valence-electron chi connectivity index (χ3n) is 3.45. The van der Waals surface area contributed by atoms with Gasteiger partial charge in [0.15, 0.2) is 11.5 Å². The first-order valence-electron chi connectivity index (χ1n) is 7.22. The zero-order valence-corrected chi connectivity index (χ0v) is 12.5. The first-order chi connectivity index (χ1) is 11.6. The van der Waals surface area contributed by atoms with E-state index in [4.69, 9.17) is 0 Å². The van der Waals surface area contributed by atoms with Gasteiger partial charge in [0.25, 0.3) is 5.91 Å². The molecule has 1 atom stereocenters. The Bertz CT molecular complexity index is 802. The molecule has 24 heavy (non-hydrogen) atoms. The Hall–Kier alpha value is -3.15. The van der Waals surface area contributed by atoms with E-state index in [1.807, 2.05) is 30.3 Å². The first kappa shape index (κ1) is 15.7. The van der Waals surface area contributed by atoms with E-state index in [2.05, 4.69) is 15.3 Å². The topological polar surface area (TPSA) is 54.9 Å². The number of benzene rings is 1. The molecule has 0 aliphatic heterocycles. The third-order valence-corrected chi connectivity index (χ3v) is 3.45. The highest BCUT2D eigenvalue weighted by Gasteiger charge is 2.21. The largest absolute Gasteiger partial charge is 0.340 e. The van der Waals surface area contributed by atoms with E-state index in [0.29, 0.717) is 6.07 Å². The second kappa shape index (κ2) is 6.95. The van der Waals surface area contributed by atoms with Gasteiger partial charge in [0.05, 0.1) is 12.2 Å². The molecular formula is C18H13F2N3O. The van der Waals surface area contributed by atoms with Gasteiger partial charge in [0, 0.05) is 18.5 Å². The molecule has 2 aromatic heterocycles. The van der Waals surface area contributed by atoms with Crippen molar-refractivity contribution < 1.29 is 13.6 Å². The molecule has 0 aliphatic carbocycles. The van der Waals surface area contributed by atoms with Crippen LogP contribution in [-0.2, 0) is 0 Å². The van der Waals surface area contributed by atoms with Gasteiger partial charge in [-0.05, 0) is 17.2 Å². The fourth-order valence-corrected chi connectivity index (χ4v) is 2.33. The number of aromatic nitrogens is 2. The lowest BCUT2D eigenvalue weighted by molar-refractivity contribution is 0.0933. The van der Waals surface area contributed by atoms with Gasteiger partial charge < -0.3 is 5.32 Å². The summed E-state index contributed by atoms with van der Waals surface area (Å²) in [6, 6.07) is 12.9. The minimum absolute atomic E-state index is 0.457. The Morgan fingerprint density at radius 1 is 1.00 bits per heavy atom. The normalized spacial score (nSPS) is 11.8. The monoisotopic (exact) mass is 325 g/mol. The summed E-state index contributed by atoms with van der Waals surface area (Å²) in [5.41, 5.74) is 1.09. The number of hydrogen-bond donors (Lipinski definition) is 1. The summed E-state index contributed by atoms with van der Waals surface area (Å²) < 4.78 is 26.7. The standard InChI is InChI=1S/C18H13F2N3O/c19-14-9-15(20)17(22-11-14)18(24)23-16(12-5-2-1-3-6-12)13-7-4-8-21-10-13/h1-11,16H,(H,23,24). The van der Waals surface area contributed by atoms with Crippen LogP contribution in [0.4, 0.5) is 8.78 Å². The molecule has 0 aliphatic rings. The smallest absolute Gasteiger partial charge is 0.273 e. The third kappa shape index (κ3) is 3.43. The molecule has 3 aromatic rings. The number of nitrogens with zero attached hydrogens (tertiary/aromatic N) is 2. The van der Waals surface area contributed by atoms with Crippen LogP contribution in [0, 0.1) is 11.6 Å². The van der Waals surface area contributed by atoms with Crippen molar-refractivity contribution in [3.05, 3.63) is 95.6 Å². The molecule has 0 spiro atoms. The summed E-state index contributed by atoms with van der Waals surface area (Å²) in [5, 5.41) is 2.72. The summed E-state index contributed by atoms with van der Waals surface area (Å²) in [6.07, 6.45) is 4.04. The van der Waals surface area contributed by atoms with Crippen LogP contribution in [0.15, 0.2) is 67.1 Å². The van der Waals surface area contributed by atoms with Gasteiger partial charge in [-0.3, -0.25) is 9.78 Å². The van der Waals surface area contributed by atoms with E-state index in [0.717, 1.165) is 17.3 Å². The average Bonchev–Trinajstić information content (AvgIpc) is 2.61. The Morgan fingerprint density at radius 3 is 2.42 bits per heavy atom. The number of hydrogen-bond acceptors (Lipinski definition) is 3. The van der Waals surface area contributed by atoms with E-state index in [-0.39, 0.29) is 0 Å². The number of halogens is 2. The molecule has 1 unspecified atom stereocenters. The number of carbonyl (C=O) groups excluding carboxylic acids is 1. The van der Waals surface area contributed by atoms with Crippen LogP contribution in [0.5, 0.6) is 0 Å². The van der Waals surface area contributed by atoms with Gasteiger partial charge in [-0.2, -0.15) is 0 Å². The van der Waals surface area contributed by atoms with Crippen LogP contribution in [0.25, 0.3) is 0 Å². The van der Waals surface area contributed by atoms with Crippen molar-refractivity contribution in [2.45, 2.75) is 6.04 Å². The van der Waals surface area contributed by atoms with E-state index in [1.54, 1.807) is 24.5 Å². The van der Waals surface area contributed by atoms with E-state index in [9.17, 15) is 13.6 Å². The zero-order valence-electron chi connectivity index (χ0n) is 12.5. The van der Waals surface area contributed by atoms with Gasteiger partial charge in [-0.1, -0.05) is 36.4 Å². The summed E-state index contributed by atoms with van der Waals surface area (Å²) in [5.74, 6) is -2.58. The Balaban J connectivity index is 1.94. The Morgan fingerprint density at radius 2 is 1.75 bits per heavy atom. The fraction of sp³-hybridized carbons (Fsp3) is 0.0556. The maximum absolute atomic E-state index is 13.8. The highest BCUT2D eigenvalue weighted by molar-refractivity contribution is 5.93. The summed E-state index contributed by atoms with van der Waals surface area (Å²) in [6.45, 7) is 0. The van der Waals surface area contributed by atoms with E-state index < -0.39 is 29.3 Å². The zero-order chi connectivity index (χ0) is 16.9. The molecule has 0 radical (unpaired) electrons. The molecule has 1 aromatic carbocycles.